The van der Waals surface area contributed by atoms with E-state index >= 15 is 0 Å². The van der Waals surface area contributed by atoms with E-state index in [9.17, 15) is 4.79 Å². The predicted octanol–water partition coefficient (Wildman–Crippen LogP) is 4.65. The second kappa shape index (κ2) is 9.55. The van der Waals surface area contributed by atoms with Crippen molar-refractivity contribution >= 4 is 34.3 Å². The van der Waals surface area contributed by atoms with Crippen LogP contribution in [0.4, 0.5) is 0 Å². The first-order valence-electron chi connectivity index (χ1n) is 9.51. The van der Waals surface area contributed by atoms with Crippen LogP contribution in [-0.4, -0.2) is 35.5 Å². The summed E-state index contributed by atoms with van der Waals surface area (Å²) in [4.78, 5) is 17.6. The van der Waals surface area contributed by atoms with Crippen molar-refractivity contribution in [3.8, 4) is 17.0 Å². The van der Waals surface area contributed by atoms with Gasteiger partial charge in [0.2, 0.25) is 0 Å². The molecule has 0 aliphatic heterocycles. The molecule has 4 aromatic rings. The second-order valence-electron chi connectivity index (χ2n) is 6.70. The van der Waals surface area contributed by atoms with Gasteiger partial charge in [-0.2, -0.15) is 0 Å². The van der Waals surface area contributed by atoms with Gasteiger partial charge >= 0.3 is 0 Å². The molecule has 4 rings (SSSR count). The fourth-order valence-corrected chi connectivity index (χ4v) is 4.14. The number of rotatable bonds is 8. The van der Waals surface area contributed by atoms with Crippen LogP contribution in [0.3, 0.4) is 0 Å². The smallest absolute Gasteiger partial charge is 0.262 e. The summed E-state index contributed by atoms with van der Waals surface area (Å²) in [6, 6.07) is 14.5. The van der Waals surface area contributed by atoms with Crippen molar-refractivity contribution in [3.05, 3.63) is 69.7 Å². The highest BCUT2D eigenvalue weighted by molar-refractivity contribution is 7.98. The van der Waals surface area contributed by atoms with Crippen LogP contribution in [-0.2, 0) is 17.0 Å². The molecule has 0 amide bonds. The fourth-order valence-electron chi connectivity index (χ4n) is 3.08. The number of hydrogen-bond donors (Lipinski definition) is 0. The van der Waals surface area contributed by atoms with Crippen LogP contribution in [0.2, 0.25) is 5.02 Å². The minimum Gasteiger partial charge on any atom is -0.497 e. The van der Waals surface area contributed by atoms with Gasteiger partial charge in [-0.05, 0) is 42.5 Å². The van der Waals surface area contributed by atoms with E-state index in [0.29, 0.717) is 45.7 Å². The summed E-state index contributed by atoms with van der Waals surface area (Å²) in [7, 11) is 3.22. The van der Waals surface area contributed by atoms with Gasteiger partial charge in [0, 0.05) is 23.8 Å². The van der Waals surface area contributed by atoms with Gasteiger partial charge in [-0.15, -0.1) is 0 Å². The van der Waals surface area contributed by atoms with E-state index in [1.165, 1.54) is 11.8 Å². The summed E-state index contributed by atoms with van der Waals surface area (Å²) in [5, 5.41) is 5.77. The van der Waals surface area contributed by atoms with E-state index in [2.05, 4.69) is 10.1 Å². The zero-order chi connectivity index (χ0) is 21.8. The number of thioether (sulfide) groups is 1. The van der Waals surface area contributed by atoms with Crippen molar-refractivity contribution in [1.82, 2.24) is 14.7 Å². The summed E-state index contributed by atoms with van der Waals surface area (Å²) < 4.78 is 17.5. The van der Waals surface area contributed by atoms with Crippen LogP contribution in [0.1, 0.15) is 5.76 Å². The standard InChI is InChI=1S/C22H20ClN3O4S/c1-28-10-9-26-21(27)18-8-5-15(23)11-20(18)24-22(26)31-13-17-12-19(25-30-17)14-3-6-16(29-2)7-4-14/h3-8,11-12H,9-10,13H2,1-2H3. The number of halogens is 1. The Bertz CT molecular complexity index is 1250. The molecule has 0 aliphatic carbocycles. The highest BCUT2D eigenvalue weighted by Crippen LogP contribution is 2.27. The summed E-state index contributed by atoms with van der Waals surface area (Å²) in [5.41, 5.74) is 2.09. The molecular formula is C22H20ClN3O4S. The number of nitrogens with zero attached hydrogens (tertiary/aromatic N) is 3. The Kier molecular flexibility index (Phi) is 6.60. The number of hydrogen-bond acceptors (Lipinski definition) is 7. The lowest BCUT2D eigenvalue weighted by molar-refractivity contribution is 0.183. The second-order valence-corrected chi connectivity index (χ2v) is 8.08. The molecule has 2 heterocycles. The van der Waals surface area contributed by atoms with Crippen LogP contribution in [0, 0.1) is 0 Å². The number of methoxy groups -OCH3 is 2. The van der Waals surface area contributed by atoms with E-state index in [1.807, 2.05) is 30.3 Å². The molecule has 2 aromatic carbocycles. The van der Waals surface area contributed by atoms with Crippen LogP contribution in [0.15, 0.2) is 63.0 Å². The van der Waals surface area contributed by atoms with Gasteiger partial charge in [0.15, 0.2) is 5.16 Å². The molecule has 0 spiro atoms. The first-order chi connectivity index (χ1) is 15.1. The Hall–Kier alpha value is -2.81. The highest BCUT2D eigenvalue weighted by atomic mass is 35.5. The van der Waals surface area contributed by atoms with Crippen LogP contribution < -0.4 is 10.3 Å². The van der Waals surface area contributed by atoms with Crippen molar-refractivity contribution in [3.63, 3.8) is 0 Å². The highest BCUT2D eigenvalue weighted by Gasteiger charge is 2.14. The monoisotopic (exact) mass is 457 g/mol. The molecule has 7 nitrogen and oxygen atoms in total. The third-order valence-electron chi connectivity index (χ3n) is 4.69. The van der Waals surface area contributed by atoms with Gasteiger partial charge in [-0.1, -0.05) is 28.5 Å². The zero-order valence-electron chi connectivity index (χ0n) is 17.0. The molecule has 31 heavy (non-hydrogen) atoms. The van der Waals surface area contributed by atoms with Crippen molar-refractivity contribution in [2.45, 2.75) is 17.5 Å². The molecular weight excluding hydrogens is 438 g/mol. The van der Waals surface area contributed by atoms with Gasteiger partial charge in [0.1, 0.15) is 17.2 Å². The molecule has 0 bridgehead atoms. The Morgan fingerprint density at radius 1 is 1.13 bits per heavy atom. The average Bonchev–Trinajstić information content (AvgIpc) is 3.26. The van der Waals surface area contributed by atoms with Crippen LogP contribution >= 0.6 is 23.4 Å². The maximum Gasteiger partial charge on any atom is 0.262 e. The van der Waals surface area contributed by atoms with Crippen LogP contribution in [0.5, 0.6) is 5.75 Å². The minimum atomic E-state index is -0.127. The molecule has 2 aromatic heterocycles. The lowest BCUT2D eigenvalue weighted by Gasteiger charge is -2.12. The fraction of sp³-hybridized carbons (Fsp3) is 0.227. The maximum absolute atomic E-state index is 13.0. The van der Waals surface area contributed by atoms with Gasteiger partial charge < -0.3 is 14.0 Å². The van der Waals surface area contributed by atoms with Crippen molar-refractivity contribution in [2.75, 3.05) is 20.8 Å². The van der Waals surface area contributed by atoms with E-state index in [4.69, 9.17) is 25.6 Å². The molecule has 0 radical (unpaired) electrons. The third-order valence-corrected chi connectivity index (χ3v) is 5.92. The minimum absolute atomic E-state index is 0.127. The van der Waals surface area contributed by atoms with E-state index in [-0.39, 0.29) is 5.56 Å². The molecule has 0 saturated carbocycles. The Morgan fingerprint density at radius 3 is 2.68 bits per heavy atom. The predicted molar refractivity (Wildman–Crippen MR) is 121 cm³/mol. The third kappa shape index (κ3) is 4.76. The number of benzene rings is 2. The zero-order valence-corrected chi connectivity index (χ0v) is 18.6. The number of ether oxygens (including phenoxy) is 2. The number of aromatic nitrogens is 3. The quantitative estimate of drug-likeness (QED) is 0.281. The normalized spacial score (nSPS) is 11.2. The van der Waals surface area contributed by atoms with Gasteiger partial charge in [-0.3, -0.25) is 9.36 Å². The molecule has 160 valence electrons. The lowest BCUT2D eigenvalue weighted by Crippen LogP contribution is -2.25. The van der Waals surface area contributed by atoms with Crippen molar-refractivity contribution in [2.24, 2.45) is 0 Å². The summed E-state index contributed by atoms with van der Waals surface area (Å²) in [6.45, 7) is 0.801. The Balaban J connectivity index is 1.59. The molecule has 0 atom stereocenters. The van der Waals surface area contributed by atoms with Crippen molar-refractivity contribution < 1.29 is 14.0 Å². The molecule has 0 N–H and O–H groups in total. The summed E-state index contributed by atoms with van der Waals surface area (Å²) in [6.07, 6.45) is 0. The molecule has 0 saturated heterocycles. The van der Waals surface area contributed by atoms with E-state index in [1.54, 1.807) is 37.0 Å². The van der Waals surface area contributed by atoms with Gasteiger partial charge in [-0.25, -0.2) is 4.98 Å². The molecule has 0 fully saturated rings. The van der Waals surface area contributed by atoms with Gasteiger partial charge in [0.25, 0.3) is 5.56 Å². The lowest BCUT2D eigenvalue weighted by atomic mass is 10.1. The molecule has 0 unspecified atom stereocenters. The SMILES string of the molecule is COCCn1c(SCc2cc(-c3ccc(OC)cc3)no2)nc2cc(Cl)ccc2c1=O. The van der Waals surface area contributed by atoms with Crippen molar-refractivity contribution in [1.29, 1.82) is 0 Å². The first-order valence-corrected chi connectivity index (χ1v) is 10.9. The molecule has 0 aliphatic rings. The topological polar surface area (TPSA) is 79.4 Å². The van der Waals surface area contributed by atoms with E-state index < -0.39 is 0 Å². The summed E-state index contributed by atoms with van der Waals surface area (Å²) >= 11 is 7.49. The average molecular weight is 458 g/mol. The molecule has 9 heteroatoms. The number of fused-ring (bicyclic) bond motifs is 1. The van der Waals surface area contributed by atoms with E-state index in [0.717, 1.165) is 17.0 Å². The van der Waals surface area contributed by atoms with Gasteiger partial charge in [0.05, 0.1) is 36.9 Å². The summed E-state index contributed by atoms with van der Waals surface area (Å²) in [5.74, 6) is 1.92. The first kappa shape index (κ1) is 21.4. The Morgan fingerprint density at radius 2 is 1.94 bits per heavy atom. The van der Waals surface area contributed by atoms with Crippen LogP contribution in [0.25, 0.3) is 22.2 Å². The Labute approximate surface area is 187 Å². The maximum atomic E-state index is 13.0. The largest absolute Gasteiger partial charge is 0.497 e.